The molecule has 0 aliphatic carbocycles. The topological polar surface area (TPSA) is 77.6 Å². The molecule has 7 aliphatic rings. The summed E-state index contributed by atoms with van der Waals surface area (Å²) in [6.45, 7) is 20.1. The number of fused-ring (bicyclic) bond motifs is 10. The first-order chi connectivity index (χ1) is 40.9. The average Bonchev–Trinajstić information content (AvgIpc) is 2.12. The molecule has 15 heteroatoms. The molecule has 8 aromatic rings. The lowest BCUT2D eigenvalue weighted by molar-refractivity contribution is 0.381. The summed E-state index contributed by atoms with van der Waals surface area (Å²) in [5.41, 5.74) is 20.7. The lowest BCUT2D eigenvalue weighted by Gasteiger charge is -2.38. The third-order valence-electron chi connectivity index (χ3n) is 19.2. The Hall–Kier alpha value is -9.37. The minimum absolute atomic E-state index is 0.130. The number of nitrogens with zero attached hydrogens (tertiary/aromatic N) is 15. The molecule has 0 fully saturated rings. The van der Waals surface area contributed by atoms with E-state index < -0.39 is 0 Å². The Morgan fingerprint density at radius 1 is 0.329 bits per heavy atom. The van der Waals surface area contributed by atoms with Gasteiger partial charge in [0, 0.05) is 131 Å². The highest BCUT2D eigenvalue weighted by molar-refractivity contribution is 6.03. The number of benzene rings is 6. The maximum atomic E-state index is 5.00. The third-order valence-corrected chi connectivity index (χ3v) is 19.2. The molecule has 0 saturated carbocycles. The number of anilines is 10. The molecule has 0 saturated heterocycles. The minimum Gasteiger partial charge on any atom is -0.359 e. The highest BCUT2D eigenvalue weighted by Gasteiger charge is 2.40. The highest BCUT2D eigenvalue weighted by Crippen LogP contribution is 2.52. The van der Waals surface area contributed by atoms with E-state index in [1.165, 1.54) is 84.3 Å². The van der Waals surface area contributed by atoms with Gasteiger partial charge in [0.25, 0.3) is 0 Å². The van der Waals surface area contributed by atoms with Crippen molar-refractivity contribution >= 4 is 84.9 Å². The quantitative estimate of drug-likeness (QED) is 0.164. The van der Waals surface area contributed by atoms with Crippen LogP contribution >= 0.6 is 0 Å². The molecular formula is C70H79N15. The van der Waals surface area contributed by atoms with E-state index in [1.807, 2.05) is 30.3 Å². The van der Waals surface area contributed by atoms with Crippen LogP contribution in [0.2, 0.25) is 0 Å². The van der Waals surface area contributed by atoms with Crippen LogP contribution in [0.5, 0.6) is 0 Å². The zero-order valence-electron chi connectivity index (χ0n) is 51.8. The average molecular weight is 1130 g/mol. The first kappa shape index (κ1) is 54.9. The van der Waals surface area contributed by atoms with Gasteiger partial charge < -0.3 is 58.8 Å². The second kappa shape index (κ2) is 21.1. The van der Waals surface area contributed by atoms with Crippen molar-refractivity contribution in [2.45, 2.75) is 99.3 Å². The van der Waals surface area contributed by atoms with Gasteiger partial charge in [-0.15, -0.1) is 0 Å². The van der Waals surface area contributed by atoms with Crippen LogP contribution in [0, 0.1) is 20.8 Å². The van der Waals surface area contributed by atoms with E-state index in [9.17, 15) is 0 Å². The Kier molecular flexibility index (Phi) is 13.6. The molecule has 0 spiro atoms. The molecule has 0 bridgehead atoms. The smallest absolute Gasteiger partial charge is 0.178 e. The van der Waals surface area contributed by atoms with Gasteiger partial charge in [-0.25, -0.2) is 15.0 Å². The van der Waals surface area contributed by atoms with Crippen molar-refractivity contribution in [2.24, 2.45) is 0 Å². The van der Waals surface area contributed by atoms with Crippen molar-refractivity contribution in [2.75, 3.05) is 81.5 Å². The number of para-hydroxylation sites is 3. The third kappa shape index (κ3) is 8.79. The van der Waals surface area contributed by atoms with E-state index in [0.29, 0.717) is 24.7 Å². The van der Waals surface area contributed by atoms with E-state index in [-0.39, 0.29) is 12.3 Å². The Balaban J connectivity index is 0.000000119. The Morgan fingerprint density at radius 2 is 0.788 bits per heavy atom. The number of pyridine rings is 1. The van der Waals surface area contributed by atoms with Gasteiger partial charge in [-0.2, -0.15) is 0 Å². The molecule has 434 valence electrons. The molecule has 2 aromatic heterocycles. The molecule has 0 unspecified atom stereocenters. The molecule has 9 heterocycles. The SMILES string of the molecule is Cc1c(N2C=CN(C)[C@H]2C)ccc2c1N1C(=CN(C)[C@@H]1C)c1ccccc1-2.Cc1c(N2C=CN(C)[C@H]2C)cccc1N1c2cc3ccccc3nc2N(C)[C@@H]1C.Cc1c(N2C=CN(C)[C@H]2C)cccc1N1c2nc3ccccc3nc2N(C)[C@@H]1C. The Bertz CT molecular complexity index is 3880. The summed E-state index contributed by atoms with van der Waals surface area (Å²) < 4.78 is 0. The summed E-state index contributed by atoms with van der Waals surface area (Å²) in [5.74, 6) is 2.88. The fraction of sp³-hybridized carbons (Fsp3) is 0.300. The summed E-state index contributed by atoms with van der Waals surface area (Å²) in [7, 11) is 12.7. The zero-order chi connectivity index (χ0) is 59.4. The largest absolute Gasteiger partial charge is 0.359 e. The lowest BCUT2D eigenvalue weighted by Crippen LogP contribution is -2.38. The second-order valence-electron chi connectivity index (χ2n) is 23.8. The van der Waals surface area contributed by atoms with Crippen LogP contribution in [0.4, 0.5) is 57.3 Å². The van der Waals surface area contributed by atoms with Gasteiger partial charge in [0.15, 0.2) is 17.5 Å². The summed E-state index contributed by atoms with van der Waals surface area (Å²) in [6, 6.07) is 45.2. The van der Waals surface area contributed by atoms with Crippen LogP contribution in [-0.2, 0) is 0 Å². The summed E-state index contributed by atoms with van der Waals surface area (Å²) in [5, 5.41) is 1.17. The molecule has 6 atom stereocenters. The highest BCUT2D eigenvalue weighted by atomic mass is 15.5. The minimum atomic E-state index is 0.130. The van der Waals surface area contributed by atoms with Crippen LogP contribution < -0.4 is 39.2 Å². The summed E-state index contributed by atoms with van der Waals surface area (Å²) in [4.78, 5) is 42.6. The second-order valence-corrected chi connectivity index (χ2v) is 23.8. The van der Waals surface area contributed by atoms with Gasteiger partial charge in [-0.3, -0.25) is 0 Å². The normalized spacial score (nSPS) is 21.5. The van der Waals surface area contributed by atoms with Crippen molar-refractivity contribution in [3.05, 3.63) is 193 Å². The van der Waals surface area contributed by atoms with Crippen LogP contribution in [-0.4, -0.2) is 114 Å². The predicted octanol–water partition coefficient (Wildman–Crippen LogP) is 14.1. The van der Waals surface area contributed by atoms with E-state index >= 15 is 0 Å². The predicted molar refractivity (Wildman–Crippen MR) is 354 cm³/mol. The van der Waals surface area contributed by atoms with Crippen molar-refractivity contribution in [1.29, 1.82) is 0 Å². The Labute approximate surface area is 502 Å². The standard InChI is InChI=1S/C24H27N5.C23H26N6.C23H26N4/c1-16-21(28-14-13-26(4)17(28)2)11-8-12-22(16)29-18(3)27(5)24-23(29)15-19-9-6-7-10-20(19)25-24;1-15-20(28-14-13-26(4)16(28)2)11-8-12-21(15)29-17(3)27(5)22-23(29)25-19-10-7-6-9-18(19)24-22;1-15-21(26-13-12-24(4)16(26)2)11-10-20-18-8-6-7-9-19(18)22-14-25(5)17(3)27(22)23(15)20/h6-15,17-18H,1-5H3;6-14,16-17H,1-5H3;6-14,16-17H,1-5H3/t17-,18+;2*16-,17+/m111/s1. The van der Waals surface area contributed by atoms with Crippen molar-refractivity contribution in [3.8, 4) is 11.1 Å². The van der Waals surface area contributed by atoms with Gasteiger partial charge >= 0.3 is 0 Å². The fourth-order valence-corrected chi connectivity index (χ4v) is 13.3. The van der Waals surface area contributed by atoms with Crippen LogP contribution in [0.25, 0.3) is 38.8 Å². The molecule has 85 heavy (non-hydrogen) atoms. The molecule has 15 rings (SSSR count). The number of aromatic nitrogens is 3. The Morgan fingerprint density at radius 3 is 1.35 bits per heavy atom. The molecule has 6 aromatic carbocycles. The van der Waals surface area contributed by atoms with Gasteiger partial charge in [0.1, 0.15) is 37.0 Å². The fourth-order valence-electron chi connectivity index (χ4n) is 13.3. The molecule has 0 radical (unpaired) electrons. The van der Waals surface area contributed by atoms with E-state index in [1.54, 1.807) is 0 Å². The molecule has 7 aliphatic heterocycles. The van der Waals surface area contributed by atoms with Crippen molar-refractivity contribution < 1.29 is 0 Å². The first-order valence-corrected chi connectivity index (χ1v) is 29.9. The van der Waals surface area contributed by atoms with Gasteiger partial charge in [-0.05, 0) is 139 Å². The number of hydrogen-bond donors (Lipinski definition) is 0. The zero-order valence-corrected chi connectivity index (χ0v) is 51.8. The number of hydrogen-bond acceptors (Lipinski definition) is 15. The van der Waals surface area contributed by atoms with Gasteiger partial charge in [0.2, 0.25) is 0 Å². The number of rotatable bonds is 5. The maximum Gasteiger partial charge on any atom is 0.178 e. The lowest BCUT2D eigenvalue weighted by atomic mass is 9.89. The van der Waals surface area contributed by atoms with Gasteiger partial charge in [-0.1, -0.05) is 72.8 Å². The van der Waals surface area contributed by atoms with E-state index in [4.69, 9.17) is 15.0 Å². The van der Waals surface area contributed by atoms with E-state index in [2.05, 4.69) is 304 Å². The van der Waals surface area contributed by atoms with Crippen molar-refractivity contribution in [1.82, 2.24) is 34.6 Å². The first-order valence-electron chi connectivity index (χ1n) is 29.9. The maximum absolute atomic E-state index is 5.00. The molecule has 15 nitrogen and oxygen atoms in total. The monoisotopic (exact) mass is 1130 g/mol. The molecule has 0 amide bonds. The van der Waals surface area contributed by atoms with Gasteiger partial charge in [0.05, 0.1) is 33.6 Å². The summed E-state index contributed by atoms with van der Waals surface area (Å²) in [6.07, 6.45) is 16.7. The molecular weight excluding hydrogens is 1050 g/mol. The van der Waals surface area contributed by atoms with Crippen molar-refractivity contribution in [3.63, 3.8) is 0 Å². The molecule has 0 N–H and O–H groups in total. The van der Waals surface area contributed by atoms with E-state index in [0.717, 1.165) is 34.0 Å². The summed E-state index contributed by atoms with van der Waals surface area (Å²) >= 11 is 0. The van der Waals surface area contributed by atoms with Crippen LogP contribution in [0.3, 0.4) is 0 Å². The van der Waals surface area contributed by atoms with Crippen LogP contribution in [0.1, 0.15) is 63.8 Å². The van der Waals surface area contributed by atoms with Crippen LogP contribution in [0.15, 0.2) is 171 Å².